The Kier molecular flexibility index (Phi) is 6.40. The van der Waals surface area contributed by atoms with Crippen LogP contribution in [0.2, 0.25) is 0 Å². The molecule has 0 saturated heterocycles. The Morgan fingerprint density at radius 2 is 1.92 bits per heavy atom. The lowest BCUT2D eigenvalue weighted by Gasteiger charge is -2.31. The summed E-state index contributed by atoms with van der Waals surface area (Å²) < 4.78 is 0. The molecule has 1 atom stereocenters. The van der Waals surface area contributed by atoms with Crippen molar-refractivity contribution >= 4 is 0 Å². The molecular formula is C12H27N. The van der Waals surface area contributed by atoms with Crippen molar-refractivity contribution in [2.45, 2.75) is 53.4 Å². The van der Waals surface area contributed by atoms with Crippen LogP contribution in [0.5, 0.6) is 0 Å². The highest BCUT2D eigenvalue weighted by Crippen LogP contribution is 2.34. The largest absolute Gasteiger partial charge is 0.320 e. The second-order valence-electron chi connectivity index (χ2n) is 4.89. The number of hydrogen-bond acceptors (Lipinski definition) is 1. The summed E-state index contributed by atoms with van der Waals surface area (Å²) in [6, 6.07) is 0. The van der Waals surface area contributed by atoms with Crippen molar-refractivity contribution in [3.8, 4) is 0 Å². The van der Waals surface area contributed by atoms with Gasteiger partial charge in [-0.3, -0.25) is 0 Å². The lowest BCUT2D eigenvalue weighted by atomic mass is 9.74. The van der Waals surface area contributed by atoms with E-state index in [0.717, 1.165) is 12.5 Å². The van der Waals surface area contributed by atoms with Crippen molar-refractivity contribution in [3.63, 3.8) is 0 Å². The van der Waals surface area contributed by atoms with E-state index in [1.807, 2.05) is 7.05 Å². The van der Waals surface area contributed by atoms with Gasteiger partial charge in [0.2, 0.25) is 0 Å². The van der Waals surface area contributed by atoms with Gasteiger partial charge in [-0.15, -0.1) is 0 Å². The number of hydrogen-bond donors (Lipinski definition) is 1. The van der Waals surface area contributed by atoms with Gasteiger partial charge in [-0.05, 0) is 44.2 Å². The standard InChI is InChI=1S/C12H27N/c1-6-9-12(3,4)11(2)8-7-10-13-5/h11,13H,6-10H2,1-5H3/t11-/m0/s1. The summed E-state index contributed by atoms with van der Waals surface area (Å²) in [5.74, 6) is 0.848. The fraction of sp³-hybridized carbons (Fsp3) is 1.00. The molecule has 1 N–H and O–H groups in total. The van der Waals surface area contributed by atoms with Crippen molar-refractivity contribution < 1.29 is 0 Å². The normalized spacial score (nSPS) is 14.5. The molecule has 0 spiro atoms. The average molecular weight is 185 g/mol. The molecule has 0 bridgehead atoms. The molecule has 0 aromatic rings. The van der Waals surface area contributed by atoms with Gasteiger partial charge in [0.1, 0.15) is 0 Å². The predicted octanol–water partition coefficient (Wildman–Crippen LogP) is 3.45. The SMILES string of the molecule is CCCC(C)(C)[C@@H](C)CCCNC. The third-order valence-corrected chi connectivity index (χ3v) is 3.29. The van der Waals surface area contributed by atoms with Crippen LogP contribution in [0.4, 0.5) is 0 Å². The summed E-state index contributed by atoms with van der Waals surface area (Å²) in [4.78, 5) is 0. The average Bonchev–Trinajstić information content (AvgIpc) is 2.04. The highest BCUT2D eigenvalue weighted by atomic mass is 14.8. The molecule has 0 amide bonds. The summed E-state index contributed by atoms with van der Waals surface area (Å²) in [6.45, 7) is 10.6. The quantitative estimate of drug-likeness (QED) is 0.599. The minimum Gasteiger partial charge on any atom is -0.320 e. The summed E-state index contributed by atoms with van der Waals surface area (Å²) >= 11 is 0. The van der Waals surface area contributed by atoms with Crippen LogP contribution >= 0.6 is 0 Å². The first kappa shape index (κ1) is 13.0. The Morgan fingerprint density at radius 1 is 1.31 bits per heavy atom. The molecule has 0 rings (SSSR count). The lowest BCUT2D eigenvalue weighted by Crippen LogP contribution is -2.22. The van der Waals surface area contributed by atoms with Gasteiger partial charge in [-0.1, -0.05) is 34.1 Å². The van der Waals surface area contributed by atoms with E-state index in [1.165, 1.54) is 25.7 Å². The van der Waals surface area contributed by atoms with E-state index < -0.39 is 0 Å². The van der Waals surface area contributed by atoms with E-state index in [4.69, 9.17) is 0 Å². The molecule has 1 heteroatoms. The van der Waals surface area contributed by atoms with Crippen LogP contribution < -0.4 is 5.32 Å². The molecule has 0 aliphatic rings. The van der Waals surface area contributed by atoms with Crippen LogP contribution in [0.25, 0.3) is 0 Å². The Bertz CT molecular complexity index is 118. The zero-order chi connectivity index (χ0) is 10.3. The molecule has 0 fully saturated rings. The summed E-state index contributed by atoms with van der Waals surface area (Å²) in [7, 11) is 2.03. The molecule has 0 aromatic carbocycles. The maximum absolute atomic E-state index is 3.21. The van der Waals surface area contributed by atoms with Gasteiger partial charge in [-0.2, -0.15) is 0 Å². The second kappa shape index (κ2) is 6.42. The summed E-state index contributed by atoms with van der Waals surface area (Å²) in [6.07, 6.45) is 5.33. The molecule has 0 aliphatic carbocycles. The van der Waals surface area contributed by atoms with Crippen LogP contribution in [0.1, 0.15) is 53.4 Å². The topological polar surface area (TPSA) is 12.0 Å². The van der Waals surface area contributed by atoms with Crippen molar-refractivity contribution in [2.24, 2.45) is 11.3 Å². The van der Waals surface area contributed by atoms with E-state index in [1.54, 1.807) is 0 Å². The first-order chi connectivity index (χ1) is 6.04. The minimum absolute atomic E-state index is 0.530. The Balaban J connectivity index is 3.72. The molecule has 0 aliphatic heterocycles. The fourth-order valence-corrected chi connectivity index (χ4v) is 1.87. The third kappa shape index (κ3) is 5.30. The molecular weight excluding hydrogens is 158 g/mol. The van der Waals surface area contributed by atoms with E-state index in [-0.39, 0.29) is 0 Å². The van der Waals surface area contributed by atoms with Gasteiger partial charge < -0.3 is 5.32 Å². The monoisotopic (exact) mass is 185 g/mol. The minimum atomic E-state index is 0.530. The molecule has 0 saturated carbocycles. The van der Waals surface area contributed by atoms with Gasteiger partial charge in [0, 0.05) is 0 Å². The van der Waals surface area contributed by atoms with E-state index in [9.17, 15) is 0 Å². The van der Waals surface area contributed by atoms with Crippen LogP contribution in [-0.2, 0) is 0 Å². The Hall–Kier alpha value is -0.0400. The van der Waals surface area contributed by atoms with Gasteiger partial charge in [-0.25, -0.2) is 0 Å². The highest BCUT2D eigenvalue weighted by Gasteiger charge is 2.23. The van der Waals surface area contributed by atoms with Crippen molar-refractivity contribution in [1.82, 2.24) is 5.32 Å². The van der Waals surface area contributed by atoms with Gasteiger partial charge in [0.25, 0.3) is 0 Å². The van der Waals surface area contributed by atoms with Crippen molar-refractivity contribution in [1.29, 1.82) is 0 Å². The predicted molar refractivity (Wildman–Crippen MR) is 61.0 cm³/mol. The fourth-order valence-electron chi connectivity index (χ4n) is 1.87. The van der Waals surface area contributed by atoms with Gasteiger partial charge >= 0.3 is 0 Å². The maximum Gasteiger partial charge on any atom is -0.00518 e. The molecule has 13 heavy (non-hydrogen) atoms. The van der Waals surface area contributed by atoms with Crippen molar-refractivity contribution in [2.75, 3.05) is 13.6 Å². The highest BCUT2D eigenvalue weighted by molar-refractivity contribution is 4.74. The first-order valence-electron chi connectivity index (χ1n) is 5.69. The molecule has 80 valence electrons. The zero-order valence-electron chi connectivity index (χ0n) is 10.1. The second-order valence-corrected chi connectivity index (χ2v) is 4.89. The van der Waals surface area contributed by atoms with E-state index in [0.29, 0.717) is 5.41 Å². The van der Waals surface area contributed by atoms with E-state index in [2.05, 4.69) is 33.0 Å². The molecule has 0 heterocycles. The maximum atomic E-state index is 3.21. The van der Waals surface area contributed by atoms with Crippen molar-refractivity contribution in [3.05, 3.63) is 0 Å². The Morgan fingerprint density at radius 3 is 2.38 bits per heavy atom. The van der Waals surface area contributed by atoms with E-state index >= 15 is 0 Å². The molecule has 0 radical (unpaired) electrons. The molecule has 0 aromatic heterocycles. The van der Waals surface area contributed by atoms with Crippen LogP contribution in [0, 0.1) is 11.3 Å². The molecule has 0 unspecified atom stereocenters. The first-order valence-corrected chi connectivity index (χ1v) is 5.69. The van der Waals surface area contributed by atoms with Gasteiger partial charge in [0.15, 0.2) is 0 Å². The summed E-state index contributed by atoms with van der Waals surface area (Å²) in [5, 5.41) is 3.21. The number of nitrogens with one attached hydrogen (secondary N) is 1. The van der Waals surface area contributed by atoms with Crippen LogP contribution in [0.15, 0.2) is 0 Å². The van der Waals surface area contributed by atoms with Crippen LogP contribution in [-0.4, -0.2) is 13.6 Å². The van der Waals surface area contributed by atoms with Gasteiger partial charge in [0.05, 0.1) is 0 Å². The van der Waals surface area contributed by atoms with Crippen LogP contribution in [0.3, 0.4) is 0 Å². The lowest BCUT2D eigenvalue weighted by molar-refractivity contribution is 0.195. The third-order valence-electron chi connectivity index (χ3n) is 3.29. The smallest absolute Gasteiger partial charge is 0.00518 e. The zero-order valence-corrected chi connectivity index (χ0v) is 10.1. The molecule has 1 nitrogen and oxygen atoms in total. The Labute approximate surface area is 84.3 Å². The summed E-state index contributed by atoms with van der Waals surface area (Å²) in [5.41, 5.74) is 0.530. The number of rotatable bonds is 7.